The van der Waals surface area contributed by atoms with E-state index in [-0.39, 0.29) is 17.9 Å². The summed E-state index contributed by atoms with van der Waals surface area (Å²) in [5.74, 6) is 0.235. The highest BCUT2D eigenvalue weighted by atomic mass is 16.2. The van der Waals surface area contributed by atoms with Crippen LogP contribution in [0.2, 0.25) is 0 Å². The molecule has 0 saturated carbocycles. The highest BCUT2D eigenvalue weighted by Crippen LogP contribution is 2.31. The summed E-state index contributed by atoms with van der Waals surface area (Å²) in [4.78, 5) is 23.5. The number of nitrogens with zero attached hydrogens (tertiary/aromatic N) is 3. The van der Waals surface area contributed by atoms with Crippen LogP contribution < -0.4 is 0 Å². The number of benzene rings is 1. The third-order valence-electron chi connectivity index (χ3n) is 4.30. The van der Waals surface area contributed by atoms with Gasteiger partial charge < -0.3 is 4.90 Å². The Balaban J connectivity index is 1.80. The first kappa shape index (κ1) is 15.7. The molecule has 0 bridgehead atoms. The van der Waals surface area contributed by atoms with Crippen molar-refractivity contribution in [2.24, 2.45) is 5.92 Å². The Morgan fingerprint density at radius 1 is 1.26 bits per heavy atom. The fourth-order valence-corrected chi connectivity index (χ4v) is 3.14. The molecule has 0 spiro atoms. The molecule has 4 nitrogen and oxygen atoms in total. The van der Waals surface area contributed by atoms with Crippen LogP contribution in [0.3, 0.4) is 0 Å². The van der Waals surface area contributed by atoms with Gasteiger partial charge in [-0.2, -0.15) is 0 Å². The average molecular weight is 309 g/mol. The minimum Gasteiger partial charge on any atom is -0.334 e. The zero-order valence-corrected chi connectivity index (χ0v) is 13.8. The fourth-order valence-electron chi connectivity index (χ4n) is 3.14. The Morgan fingerprint density at radius 2 is 2.04 bits per heavy atom. The van der Waals surface area contributed by atoms with Gasteiger partial charge >= 0.3 is 0 Å². The quantitative estimate of drug-likeness (QED) is 0.869. The second kappa shape index (κ2) is 6.90. The van der Waals surface area contributed by atoms with Gasteiger partial charge in [0.1, 0.15) is 0 Å². The van der Waals surface area contributed by atoms with Crippen molar-refractivity contribution in [2.45, 2.75) is 39.2 Å². The second-order valence-corrected chi connectivity index (χ2v) is 6.44. The van der Waals surface area contributed by atoms with E-state index < -0.39 is 0 Å². The van der Waals surface area contributed by atoms with Crippen molar-refractivity contribution >= 4 is 5.91 Å². The highest BCUT2D eigenvalue weighted by molar-refractivity contribution is 5.78. The van der Waals surface area contributed by atoms with Gasteiger partial charge in [0.2, 0.25) is 5.91 Å². The smallest absolute Gasteiger partial charge is 0.225 e. The Hall–Kier alpha value is -2.23. The van der Waals surface area contributed by atoms with E-state index in [0.717, 1.165) is 37.2 Å². The molecular formula is C19H23N3O. The van der Waals surface area contributed by atoms with Gasteiger partial charge in [0.05, 0.1) is 23.6 Å². The van der Waals surface area contributed by atoms with Crippen molar-refractivity contribution in [3.05, 3.63) is 59.7 Å². The van der Waals surface area contributed by atoms with Crippen molar-refractivity contribution in [3.8, 4) is 0 Å². The van der Waals surface area contributed by atoms with E-state index in [2.05, 4.69) is 17.1 Å². The summed E-state index contributed by atoms with van der Waals surface area (Å²) in [5, 5.41) is 0. The van der Waals surface area contributed by atoms with E-state index in [1.807, 2.05) is 49.3 Å². The molecule has 4 heteroatoms. The normalized spacial score (nSPS) is 17.7. The highest BCUT2D eigenvalue weighted by Gasteiger charge is 2.32. The Kier molecular flexibility index (Phi) is 4.70. The van der Waals surface area contributed by atoms with Gasteiger partial charge in [-0.25, -0.2) is 0 Å². The summed E-state index contributed by atoms with van der Waals surface area (Å²) in [6, 6.07) is 10.4. The average Bonchev–Trinajstić information content (AvgIpc) is 3.05. The predicted octanol–water partition coefficient (Wildman–Crippen LogP) is 3.39. The minimum atomic E-state index is 0.0241. The largest absolute Gasteiger partial charge is 0.334 e. The first-order chi connectivity index (χ1) is 11.1. The molecule has 1 unspecified atom stereocenters. The fraction of sp³-hybridized carbons (Fsp3) is 0.421. The van der Waals surface area contributed by atoms with Crippen LogP contribution in [0.1, 0.15) is 49.7 Å². The van der Waals surface area contributed by atoms with Crippen LogP contribution in [0.25, 0.3) is 0 Å². The summed E-state index contributed by atoms with van der Waals surface area (Å²) in [6.45, 7) is 4.73. The first-order valence-electron chi connectivity index (χ1n) is 8.30. The van der Waals surface area contributed by atoms with Crippen LogP contribution in [0.5, 0.6) is 0 Å². The van der Waals surface area contributed by atoms with Crippen LogP contribution in [0.4, 0.5) is 0 Å². The first-order valence-corrected chi connectivity index (χ1v) is 8.30. The third-order valence-corrected chi connectivity index (χ3v) is 4.30. The molecule has 1 aromatic carbocycles. The van der Waals surface area contributed by atoms with Crippen LogP contribution in [-0.4, -0.2) is 27.3 Å². The van der Waals surface area contributed by atoms with E-state index in [4.69, 9.17) is 4.98 Å². The molecule has 0 N–H and O–H groups in total. The predicted molar refractivity (Wildman–Crippen MR) is 89.8 cm³/mol. The Morgan fingerprint density at radius 3 is 2.78 bits per heavy atom. The zero-order chi connectivity index (χ0) is 16.2. The second-order valence-electron chi connectivity index (χ2n) is 6.44. The van der Waals surface area contributed by atoms with Crippen molar-refractivity contribution in [2.75, 3.05) is 6.54 Å². The topological polar surface area (TPSA) is 46.1 Å². The lowest BCUT2D eigenvalue weighted by atomic mass is 10.1. The van der Waals surface area contributed by atoms with Gasteiger partial charge in [0.25, 0.3) is 0 Å². The lowest BCUT2D eigenvalue weighted by Crippen LogP contribution is -2.34. The lowest BCUT2D eigenvalue weighted by molar-refractivity contribution is -0.135. The van der Waals surface area contributed by atoms with Gasteiger partial charge in [-0.05, 0) is 18.4 Å². The van der Waals surface area contributed by atoms with E-state index in [1.54, 1.807) is 0 Å². The molecule has 120 valence electrons. The molecule has 23 heavy (non-hydrogen) atoms. The van der Waals surface area contributed by atoms with Gasteiger partial charge in [-0.15, -0.1) is 0 Å². The summed E-state index contributed by atoms with van der Waals surface area (Å²) in [6.07, 6.45) is 6.41. The molecule has 1 atom stereocenters. The molecule has 0 aliphatic carbocycles. The number of hydrogen-bond donors (Lipinski definition) is 0. The minimum absolute atomic E-state index is 0.0241. The summed E-state index contributed by atoms with van der Waals surface area (Å²) in [7, 11) is 0. The summed E-state index contributed by atoms with van der Waals surface area (Å²) >= 11 is 0. The molecule has 2 aromatic rings. The monoisotopic (exact) mass is 309 g/mol. The lowest BCUT2D eigenvalue weighted by Gasteiger charge is -2.26. The summed E-state index contributed by atoms with van der Waals surface area (Å²) < 4.78 is 0. The molecular weight excluding hydrogens is 286 g/mol. The molecule has 0 radical (unpaired) electrons. The van der Waals surface area contributed by atoms with Crippen LogP contribution in [0.15, 0.2) is 42.7 Å². The Labute approximate surface area is 137 Å². The van der Waals surface area contributed by atoms with Crippen molar-refractivity contribution in [3.63, 3.8) is 0 Å². The molecule has 2 heterocycles. The molecule has 1 aliphatic rings. The van der Waals surface area contributed by atoms with Gasteiger partial charge in [0, 0.05) is 25.1 Å². The number of carbonyl (C=O) groups is 1. The van der Waals surface area contributed by atoms with Crippen molar-refractivity contribution in [1.29, 1.82) is 0 Å². The number of carbonyl (C=O) groups excluding carboxylic acids is 1. The van der Waals surface area contributed by atoms with Crippen LogP contribution >= 0.6 is 0 Å². The number of likely N-dealkylation sites (tertiary alicyclic amines) is 1. The van der Waals surface area contributed by atoms with E-state index in [9.17, 15) is 4.79 Å². The number of amides is 1. The maximum absolute atomic E-state index is 12.4. The maximum Gasteiger partial charge on any atom is 0.225 e. The molecule has 1 fully saturated rings. The number of hydrogen-bond acceptors (Lipinski definition) is 3. The molecule has 1 saturated heterocycles. The molecule has 3 rings (SSSR count). The van der Waals surface area contributed by atoms with Crippen molar-refractivity contribution in [1.82, 2.24) is 14.9 Å². The van der Waals surface area contributed by atoms with E-state index in [0.29, 0.717) is 0 Å². The number of rotatable bonds is 4. The third kappa shape index (κ3) is 3.58. The van der Waals surface area contributed by atoms with E-state index >= 15 is 0 Å². The molecule has 1 amide bonds. The zero-order valence-electron chi connectivity index (χ0n) is 13.8. The van der Waals surface area contributed by atoms with Crippen LogP contribution in [0, 0.1) is 5.92 Å². The van der Waals surface area contributed by atoms with Gasteiger partial charge in [-0.1, -0.05) is 44.2 Å². The molecule has 1 aliphatic heterocycles. The summed E-state index contributed by atoms with van der Waals surface area (Å²) in [5.41, 5.74) is 3.10. The van der Waals surface area contributed by atoms with Crippen LogP contribution in [-0.2, 0) is 11.2 Å². The standard InChI is InChI=1S/C19H23N3O/c1-14(2)19(23)22-10-6-9-18(22)17-13-20-12-16(21-17)11-15-7-4-3-5-8-15/h3-5,7-8,12-14,18H,6,9-11H2,1-2H3. The van der Waals surface area contributed by atoms with Crippen molar-refractivity contribution < 1.29 is 4.79 Å². The maximum atomic E-state index is 12.4. The SMILES string of the molecule is CC(C)C(=O)N1CCCC1c1cncc(Cc2ccccc2)n1. The van der Waals surface area contributed by atoms with Gasteiger partial charge in [0.15, 0.2) is 0 Å². The van der Waals surface area contributed by atoms with E-state index in [1.165, 1.54) is 5.56 Å². The van der Waals surface area contributed by atoms with Gasteiger partial charge in [-0.3, -0.25) is 14.8 Å². The number of aromatic nitrogens is 2. The molecule has 1 aromatic heterocycles. The Bertz CT molecular complexity index is 669.